The molecule has 0 aliphatic rings. The third-order valence-electron chi connectivity index (χ3n) is 3.26. The van der Waals surface area contributed by atoms with Crippen LogP contribution >= 0.6 is 11.6 Å². The van der Waals surface area contributed by atoms with E-state index in [0.717, 1.165) is 12.0 Å². The standard InChI is InChI=1S/C16H20ClNO3/c1-4-11(2)15(16(20)21-3)18-14(19)10-7-12-5-8-13(17)9-6-12/h5-11,15H,4H2,1-3H3,(H,18,19)/b10-7+/t11?,15-/m1/s1. The number of ether oxygens (including phenoxy) is 1. The number of carbonyl (C=O) groups excluding carboxylic acids is 2. The van der Waals surface area contributed by atoms with Gasteiger partial charge < -0.3 is 10.1 Å². The number of carbonyl (C=O) groups is 2. The maximum absolute atomic E-state index is 11.9. The number of nitrogens with one attached hydrogen (secondary N) is 1. The molecule has 0 aliphatic carbocycles. The quantitative estimate of drug-likeness (QED) is 0.649. The molecule has 1 amide bonds. The highest BCUT2D eigenvalue weighted by atomic mass is 35.5. The second kappa shape index (κ2) is 8.47. The fourth-order valence-corrected chi connectivity index (χ4v) is 1.87. The maximum atomic E-state index is 11.9. The smallest absolute Gasteiger partial charge is 0.328 e. The van der Waals surface area contributed by atoms with Crippen molar-refractivity contribution in [1.82, 2.24) is 5.32 Å². The molecule has 21 heavy (non-hydrogen) atoms. The Bertz CT molecular complexity index is 511. The second-order valence-corrected chi connectivity index (χ2v) is 5.22. The third kappa shape index (κ3) is 5.60. The van der Waals surface area contributed by atoms with Gasteiger partial charge in [-0.2, -0.15) is 0 Å². The molecular formula is C16H20ClNO3. The van der Waals surface area contributed by atoms with Gasteiger partial charge in [0.25, 0.3) is 0 Å². The van der Waals surface area contributed by atoms with Gasteiger partial charge in [0.1, 0.15) is 6.04 Å². The zero-order chi connectivity index (χ0) is 15.8. The third-order valence-corrected chi connectivity index (χ3v) is 3.52. The van der Waals surface area contributed by atoms with E-state index >= 15 is 0 Å². The predicted octanol–water partition coefficient (Wildman–Crippen LogP) is 3.06. The summed E-state index contributed by atoms with van der Waals surface area (Å²) in [5.41, 5.74) is 0.854. The van der Waals surface area contributed by atoms with Gasteiger partial charge in [-0.25, -0.2) is 4.79 Å². The van der Waals surface area contributed by atoms with Crippen molar-refractivity contribution in [2.24, 2.45) is 5.92 Å². The summed E-state index contributed by atoms with van der Waals surface area (Å²) < 4.78 is 4.72. The van der Waals surface area contributed by atoms with Crippen molar-refractivity contribution in [3.05, 3.63) is 40.9 Å². The topological polar surface area (TPSA) is 55.4 Å². The first-order valence-electron chi connectivity index (χ1n) is 6.80. The van der Waals surface area contributed by atoms with Crippen LogP contribution in [-0.4, -0.2) is 25.0 Å². The molecule has 0 heterocycles. The van der Waals surface area contributed by atoms with Gasteiger partial charge >= 0.3 is 5.97 Å². The molecule has 1 aromatic rings. The molecule has 0 aromatic heterocycles. The molecule has 0 radical (unpaired) electrons. The van der Waals surface area contributed by atoms with Gasteiger partial charge in [0.2, 0.25) is 5.91 Å². The first-order chi connectivity index (χ1) is 9.97. The van der Waals surface area contributed by atoms with E-state index < -0.39 is 12.0 Å². The van der Waals surface area contributed by atoms with Crippen LogP contribution in [0.1, 0.15) is 25.8 Å². The highest BCUT2D eigenvalue weighted by molar-refractivity contribution is 6.30. The summed E-state index contributed by atoms with van der Waals surface area (Å²) in [6, 6.07) is 6.46. The minimum Gasteiger partial charge on any atom is -0.467 e. The van der Waals surface area contributed by atoms with Crippen molar-refractivity contribution in [3.8, 4) is 0 Å². The van der Waals surface area contributed by atoms with Gasteiger partial charge in [-0.1, -0.05) is 44.0 Å². The summed E-state index contributed by atoms with van der Waals surface area (Å²) in [5.74, 6) is -0.761. The molecule has 1 unspecified atom stereocenters. The van der Waals surface area contributed by atoms with Gasteiger partial charge in [0.05, 0.1) is 7.11 Å². The summed E-state index contributed by atoms with van der Waals surface area (Å²) in [6.45, 7) is 3.85. The van der Waals surface area contributed by atoms with Crippen LogP contribution in [0.3, 0.4) is 0 Å². The van der Waals surface area contributed by atoms with Crippen molar-refractivity contribution in [3.63, 3.8) is 0 Å². The van der Waals surface area contributed by atoms with E-state index in [4.69, 9.17) is 16.3 Å². The largest absolute Gasteiger partial charge is 0.467 e. The highest BCUT2D eigenvalue weighted by Gasteiger charge is 2.25. The summed E-state index contributed by atoms with van der Waals surface area (Å²) >= 11 is 5.79. The molecule has 0 saturated carbocycles. The number of methoxy groups -OCH3 is 1. The lowest BCUT2D eigenvalue weighted by Crippen LogP contribution is -2.45. The molecule has 2 atom stereocenters. The summed E-state index contributed by atoms with van der Waals surface area (Å²) in [6.07, 6.45) is 3.82. The average Bonchev–Trinajstić information content (AvgIpc) is 2.50. The fraction of sp³-hybridized carbons (Fsp3) is 0.375. The Hall–Kier alpha value is -1.81. The summed E-state index contributed by atoms with van der Waals surface area (Å²) in [7, 11) is 1.31. The molecule has 0 aliphatic heterocycles. The first-order valence-corrected chi connectivity index (χ1v) is 7.17. The Morgan fingerprint density at radius 3 is 2.48 bits per heavy atom. The van der Waals surface area contributed by atoms with Crippen molar-refractivity contribution in [2.75, 3.05) is 7.11 Å². The monoisotopic (exact) mass is 309 g/mol. The van der Waals surface area contributed by atoms with E-state index in [9.17, 15) is 9.59 Å². The van der Waals surface area contributed by atoms with Crippen molar-refractivity contribution in [2.45, 2.75) is 26.3 Å². The number of hydrogen-bond donors (Lipinski definition) is 1. The summed E-state index contributed by atoms with van der Waals surface area (Å²) in [5, 5.41) is 3.31. The van der Waals surface area contributed by atoms with Gasteiger partial charge in [-0.15, -0.1) is 0 Å². The average molecular weight is 310 g/mol. The van der Waals surface area contributed by atoms with Gasteiger partial charge in [-0.05, 0) is 29.7 Å². The lowest BCUT2D eigenvalue weighted by molar-refractivity contribution is -0.146. The SMILES string of the molecule is CCC(C)[C@@H](NC(=O)/C=C/c1ccc(Cl)cc1)C(=O)OC. The number of rotatable bonds is 6. The Morgan fingerprint density at radius 1 is 1.33 bits per heavy atom. The van der Waals surface area contributed by atoms with Crippen LogP contribution in [0.15, 0.2) is 30.3 Å². The molecule has 5 heteroatoms. The van der Waals surface area contributed by atoms with Crippen LogP contribution in [0, 0.1) is 5.92 Å². The zero-order valence-corrected chi connectivity index (χ0v) is 13.2. The molecule has 0 bridgehead atoms. The van der Waals surface area contributed by atoms with Crippen LogP contribution in [0.5, 0.6) is 0 Å². The molecular weight excluding hydrogens is 290 g/mol. The lowest BCUT2D eigenvalue weighted by Gasteiger charge is -2.20. The minimum absolute atomic E-state index is 0.00494. The number of esters is 1. The fourth-order valence-electron chi connectivity index (χ4n) is 1.74. The minimum atomic E-state index is -0.637. The first kappa shape index (κ1) is 17.2. The molecule has 4 nitrogen and oxygen atoms in total. The molecule has 114 valence electrons. The van der Waals surface area contributed by atoms with Crippen LogP contribution in [0.4, 0.5) is 0 Å². The van der Waals surface area contributed by atoms with E-state index in [1.807, 2.05) is 13.8 Å². The number of benzene rings is 1. The predicted molar refractivity (Wildman–Crippen MR) is 83.9 cm³/mol. The van der Waals surface area contributed by atoms with Crippen molar-refractivity contribution < 1.29 is 14.3 Å². The van der Waals surface area contributed by atoms with Gasteiger partial charge in [0, 0.05) is 11.1 Å². The summed E-state index contributed by atoms with van der Waals surface area (Å²) in [4.78, 5) is 23.6. The lowest BCUT2D eigenvalue weighted by atomic mass is 9.99. The molecule has 1 rings (SSSR count). The van der Waals surface area contributed by atoms with Crippen molar-refractivity contribution >= 4 is 29.6 Å². The van der Waals surface area contributed by atoms with Crippen LogP contribution in [0.2, 0.25) is 5.02 Å². The second-order valence-electron chi connectivity index (χ2n) is 4.78. The van der Waals surface area contributed by atoms with Gasteiger partial charge in [-0.3, -0.25) is 4.79 Å². The number of halogens is 1. The number of amides is 1. The van der Waals surface area contributed by atoms with E-state index in [0.29, 0.717) is 5.02 Å². The van der Waals surface area contributed by atoms with Crippen LogP contribution in [0.25, 0.3) is 6.08 Å². The van der Waals surface area contributed by atoms with E-state index in [1.165, 1.54) is 13.2 Å². The van der Waals surface area contributed by atoms with E-state index in [-0.39, 0.29) is 11.8 Å². The Kier molecular flexibility index (Phi) is 6.96. The molecule has 0 fully saturated rings. The number of hydrogen-bond acceptors (Lipinski definition) is 3. The molecule has 1 aromatic carbocycles. The van der Waals surface area contributed by atoms with Gasteiger partial charge in [0.15, 0.2) is 0 Å². The maximum Gasteiger partial charge on any atom is 0.328 e. The molecule has 1 N–H and O–H groups in total. The van der Waals surface area contributed by atoms with Crippen LogP contribution < -0.4 is 5.32 Å². The van der Waals surface area contributed by atoms with E-state index in [1.54, 1.807) is 30.3 Å². The molecule has 0 saturated heterocycles. The Morgan fingerprint density at radius 2 is 1.95 bits per heavy atom. The zero-order valence-electron chi connectivity index (χ0n) is 12.4. The molecule has 0 spiro atoms. The Balaban J connectivity index is 2.69. The normalized spacial score (nSPS) is 13.7. The van der Waals surface area contributed by atoms with Crippen molar-refractivity contribution in [1.29, 1.82) is 0 Å². The van der Waals surface area contributed by atoms with Crippen LogP contribution in [-0.2, 0) is 14.3 Å². The van der Waals surface area contributed by atoms with E-state index in [2.05, 4.69) is 5.32 Å². The highest BCUT2D eigenvalue weighted by Crippen LogP contribution is 2.11. The Labute approximate surface area is 130 Å².